The van der Waals surface area contributed by atoms with Crippen LogP contribution in [0.3, 0.4) is 0 Å². The predicted molar refractivity (Wildman–Crippen MR) is 87.5 cm³/mol. The molecule has 0 rings (SSSR count). The molecule has 0 aromatic rings. The molecule has 2 amide bonds. The Hall–Kier alpha value is -1.88. The van der Waals surface area contributed by atoms with Gasteiger partial charge in [0.25, 0.3) is 0 Å². The molecule has 23 heavy (non-hydrogen) atoms. The third kappa shape index (κ3) is 8.35. The van der Waals surface area contributed by atoms with Crippen LogP contribution in [0.2, 0.25) is 0 Å². The number of amides is 2. The maximum Gasteiger partial charge on any atom is 0.408 e. The third-order valence-corrected chi connectivity index (χ3v) is 3.28. The highest BCUT2D eigenvalue weighted by atomic mass is 16.6. The van der Waals surface area contributed by atoms with Gasteiger partial charge in [-0.25, -0.2) is 9.59 Å². The van der Waals surface area contributed by atoms with Crippen LogP contribution >= 0.6 is 0 Å². The van der Waals surface area contributed by atoms with Gasteiger partial charge in [0, 0.05) is 0 Å². The first-order valence-electron chi connectivity index (χ1n) is 7.88. The van der Waals surface area contributed by atoms with E-state index >= 15 is 0 Å². The Morgan fingerprint density at radius 3 is 2.13 bits per heavy atom. The summed E-state index contributed by atoms with van der Waals surface area (Å²) in [7, 11) is 0. The number of carbonyl (C=O) groups excluding carboxylic acids is 3. The predicted octanol–water partition coefficient (Wildman–Crippen LogP) is 2.36. The molecule has 7 nitrogen and oxygen atoms in total. The van der Waals surface area contributed by atoms with E-state index in [9.17, 15) is 14.4 Å². The highest BCUT2D eigenvalue weighted by Crippen LogP contribution is 2.12. The average molecular weight is 327 g/mol. The summed E-state index contributed by atoms with van der Waals surface area (Å²) in [5.41, 5.74) is -0.650. The zero-order valence-corrected chi connectivity index (χ0v) is 15.1. The second-order valence-electron chi connectivity index (χ2n) is 6.93. The summed E-state index contributed by atoms with van der Waals surface area (Å²) in [6.45, 7) is 12.7. The molecule has 0 fully saturated rings. The van der Waals surface area contributed by atoms with Gasteiger partial charge in [0.1, 0.15) is 17.8 Å². The van der Waals surface area contributed by atoms with Crippen molar-refractivity contribution in [2.24, 2.45) is 16.8 Å². The van der Waals surface area contributed by atoms with Crippen LogP contribution in [0.1, 0.15) is 54.9 Å². The molecular formula is C16H29N3O4. The van der Waals surface area contributed by atoms with Gasteiger partial charge in [-0.1, -0.05) is 34.1 Å². The molecule has 0 bridgehead atoms. The first-order chi connectivity index (χ1) is 10.5. The van der Waals surface area contributed by atoms with Crippen molar-refractivity contribution in [2.45, 2.75) is 72.7 Å². The Labute approximate surface area is 138 Å². The number of hydrogen-bond acceptors (Lipinski definition) is 5. The van der Waals surface area contributed by atoms with Gasteiger partial charge in [-0.05, 0) is 32.6 Å². The molecule has 0 aromatic carbocycles. The lowest BCUT2D eigenvalue weighted by atomic mass is 9.98. The minimum absolute atomic E-state index is 0.0699. The number of nitrogens with zero attached hydrogens (tertiary/aromatic N) is 1. The molecule has 0 radical (unpaired) electrons. The SMILES string of the molecule is CC[C@H](C)[C@H](NC(=O)OC(C)(C)C)C(=O)N[C@@H](N=C=O)C(C)C. The standard InChI is InChI=1S/C16H29N3O4/c1-8-11(4)12(18-15(22)23-16(5,6)7)14(21)19-13(10(2)3)17-9-20/h10-13H,8H2,1-7H3,(H,18,22)(H,19,21)/t11-,12-,13+/m0/s1. The normalized spacial score (nSPS) is 15.1. The average Bonchev–Trinajstić information content (AvgIpc) is 2.41. The number of hydrogen-bond donors (Lipinski definition) is 2. The van der Waals surface area contributed by atoms with Crippen LogP contribution in [0.15, 0.2) is 4.99 Å². The summed E-state index contributed by atoms with van der Waals surface area (Å²) in [5, 5.41) is 5.26. The molecule has 0 spiro atoms. The van der Waals surface area contributed by atoms with Crippen molar-refractivity contribution in [2.75, 3.05) is 0 Å². The molecule has 0 unspecified atom stereocenters. The number of isocyanates is 1. The molecule has 7 heteroatoms. The van der Waals surface area contributed by atoms with Crippen LogP contribution in [-0.2, 0) is 14.3 Å². The molecule has 0 aliphatic heterocycles. The van der Waals surface area contributed by atoms with Crippen LogP contribution in [0, 0.1) is 11.8 Å². The summed E-state index contributed by atoms with van der Waals surface area (Å²) in [4.78, 5) is 38.5. The van der Waals surface area contributed by atoms with Gasteiger partial charge in [-0.15, -0.1) is 0 Å². The van der Waals surface area contributed by atoms with Crippen molar-refractivity contribution < 1.29 is 19.1 Å². The highest BCUT2D eigenvalue weighted by molar-refractivity contribution is 5.86. The van der Waals surface area contributed by atoms with E-state index in [4.69, 9.17) is 4.74 Å². The van der Waals surface area contributed by atoms with Crippen LogP contribution < -0.4 is 10.6 Å². The van der Waals surface area contributed by atoms with Gasteiger partial charge in [-0.3, -0.25) is 4.79 Å². The molecule has 0 aliphatic rings. The minimum Gasteiger partial charge on any atom is -0.444 e. The lowest BCUT2D eigenvalue weighted by molar-refractivity contribution is -0.125. The van der Waals surface area contributed by atoms with E-state index in [0.29, 0.717) is 6.42 Å². The summed E-state index contributed by atoms with van der Waals surface area (Å²) in [6, 6.07) is -0.766. The molecule has 132 valence electrons. The first-order valence-corrected chi connectivity index (χ1v) is 7.88. The Morgan fingerprint density at radius 1 is 1.17 bits per heavy atom. The minimum atomic E-state index is -0.766. The quantitative estimate of drug-likeness (QED) is 0.554. The van der Waals surface area contributed by atoms with E-state index in [2.05, 4.69) is 15.6 Å². The maximum atomic E-state index is 12.5. The Bertz CT molecular complexity index is 451. The number of ether oxygens (including phenoxy) is 1. The van der Waals surface area contributed by atoms with Crippen molar-refractivity contribution in [3.63, 3.8) is 0 Å². The number of aliphatic imine (C=N–C) groups is 1. The smallest absolute Gasteiger partial charge is 0.408 e. The lowest BCUT2D eigenvalue weighted by Crippen LogP contribution is -2.53. The fourth-order valence-corrected chi connectivity index (χ4v) is 1.78. The maximum absolute atomic E-state index is 12.5. The monoisotopic (exact) mass is 327 g/mol. The van der Waals surface area contributed by atoms with Crippen molar-refractivity contribution in [3.8, 4) is 0 Å². The van der Waals surface area contributed by atoms with Crippen molar-refractivity contribution in [1.82, 2.24) is 10.6 Å². The molecule has 0 saturated heterocycles. The number of alkyl carbamates (subject to hydrolysis) is 1. The zero-order valence-electron chi connectivity index (χ0n) is 15.1. The first kappa shape index (κ1) is 21.1. The Kier molecular flexibility index (Phi) is 8.54. The molecule has 0 saturated carbocycles. The number of carbonyl (C=O) groups is 2. The molecule has 0 aliphatic carbocycles. The largest absolute Gasteiger partial charge is 0.444 e. The second kappa shape index (κ2) is 9.30. The Morgan fingerprint density at radius 2 is 1.74 bits per heavy atom. The summed E-state index contributed by atoms with van der Waals surface area (Å²) < 4.78 is 5.20. The van der Waals surface area contributed by atoms with Crippen LogP contribution in [-0.4, -0.2) is 35.9 Å². The van der Waals surface area contributed by atoms with Gasteiger partial charge in [0.2, 0.25) is 12.0 Å². The van der Waals surface area contributed by atoms with E-state index in [1.807, 2.05) is 27.7 Å². The summed E-state index contributed by atoms with van der Waals surface area (Å²) in [5.74, 6) is -0.571. The van der Waals surface area contributed by atoms with E-state index in [1.165, 1.54) is 6.08 Å². The molecular weight excluding hydrogens is 298 g/mol. The van der Waals surface area contributed by atoms with Gasteiger partial charge in [0.05, 0.1) is 0 Å². The molecule has 3 atom stereocenters. The molecule has 0 aromatic heterocycles. The van der Waals surface area contributed by atoms with Crippen molar-refractivity contribution in [1.29, 1.82) is 0 Å². The van der Waals surface area contributed by atoms with Crippen LogP contribution in [0.25, 0.3) is 0 Å². The van der Waals surface area contributed by atoms with Crippen LogP contribution in [0.4, 0.5) is 4.79 Å². The lowest BCUT2D eigenvalue weighted by Gasteiger charge is -2.27. The zero-order chi connectivity index (χ0) is 18.2. The summed E-state index contributed by atoms with van der Waals surface area (Å²) >= 11 is 0. The van der Waals surface area contributed by atoms with E-state index in [0.717, 1.165) is 0 Å². The van der Waals surface area contributed by atoms with E-state index in [1.54, 1.807) is 20.8 Å². The summed E-state index contributed by atoms with van der Waals surface area (Å²) in [6.07, 6.45) is 0.820. The second-order valence-corrected chi connectivity index (χ2v) is 6.93. The van der Waals surface area contributed by atoms with Crippen molar-refractivity contribution in [3.05, 3.63) is 0 Å². The topological polar surface area (TPSA) is 96.9 Å². The highest BCUT2D eigenvalue weighted by Gasteiger charge is 2.30. The fourth-order valence-electron chi connectivity index (χ4n) is 1.78. The number of rotatable bonds is 7. The van der Waals surface area contributed by atoms with Gasteiger partial charge in [-0.2, -0.15) is 4.99 Å². The molecule has 2 N–H and O–H groups in total. The van der Waals surface area contributed by atoms with Crippen molar-refractivity contribution >= 4 is 18.1 Å². The molecule has 0 heterocycles. The third-order valence-electron chi connectivity index (χ3n) is 3.28. The van der Waals surface area contributed by atoms with E-state index in [-0.39, 0.29) is 11.8 Å². The van der Waals surface area contributed by atoms with Crippen LogP contribution in [0.5, 0.6) is 0 Å². The van der Waals surface area contributed by atoms with Gasteiger partial charge >= 0.3 is 6.09 Å². The van der Waals surface area contributed by atoms with Gasteiger partial charge in [0.15, 0.2) is 0 Å². The Balaban J connectivity index is 5.06. The van der Waals surface area contributed by atoms with E-state index < -0.39 is 29.8 Å². The number of nitrogens with one attached hydrogen (secondary N) is 2. The van der Waals surface area contributed by atoms with Gasteiger partial charge < -0.3 is 15.4 Å². The fraction of sp³-hybridized carbons (Fsp3) is 0.812.